The van der Waals surface area contributed by atoms with Crippen LogP contribution in [0.2, 0.25) is 18.1 Å². The highest BCUT2D eigenvalue weighted by atomic mass is 31.1. The maximum absolute atomic E-state index is 6.12. The van der Waals surface area contributed by atoms with Crippen molar-refractivity contribution in [3.05, 3.63) is 0 Å². The van der Waals surface area contributed by atoms with Crippen molar-refractivity contribution in [2.24, 2.45) is 0 Å². The largest absolute Gasteiger partial charge is 0.417 e. The van der Waals surface area contributed by atoms with Crippen molar-refractivity contribution in [3.8, 4) is 0 Å². The number of rotatable bonds is 10. The van der Waals surface area contributed by atoms with Gasteiger partial charge in [0, 0.05) is 6.61 Å². The molecule has 0 spiro atoms. The van der Waals surface area contributed by atoms with Gasteiger partial charge in [-0.25, -0.2) is 0 Å². The van der Waals surface area contributed by atoms with Gasteiger partial charge in [-0.3, -0.25) is 0 Å². The molecule has 3 heteroatoms. The molecule has 0 unspecified atom stereocenters. The molecule has 16 heavy (non-hydrogen) atoms. The van der Waals surface area contributed by atoms with Crippen LogP contribution in [0.3, 0.4) is 0 Å². The Morgan fingerprint density at radius 2 is 1.50 bits per heavy atom. The van der Waals surface area contributed by atoms with Crippen molar-refractivity contribution < 1.29 is 4.43 Å². The maximum Gasteiger partial charge on any atom is 0.192 e. The Morgan fingerprint density at radius 3 is 1.88 bits per heavy atom. The van der Waals surface area contributed by atoms with Crippen LogP contribution in [-0.2, 0) is 4.43 Å². The molecule has 0 heterocycles. The molecule has 0 saturated carbocycles. The van der Waals surface area contributed by atoms with Crippen molar-refractivity contribution in [1.29, 1.82) is 0 Å². The molecule has 0 aromatic heterocycles. The quantitative estimate of drug-likeness (QED) is 0.401. The minimum absolute atomic E-state index is 0.338. The van der Waals surface area contributed by atoms with E-state index in [2.05, 4.69) is 34.6 Å². The van der Waals surface area contributed by atoms with Crippen LogP contribution in [0, 0.1) is 0 Å². The second-order valence-electron chi connectivity index (χ2n) is 4.45. The van der Waals surface area contributed by atoms with Gasteiger partial charge in [-0.05, 0) is 50.0 Å². The van der Waals surface area contributed by atoms with E-state index in [0.29, 0.717) is 7.92 Å². The Labute approximate surface area is 105 Å². The Morgan fingerprint density at radius 1 is 0.938 bits per heavy atom. The molecule has 0 aliphatic rings. The van der Waals surface area contributed by atoms with E-state index >= 15 is 0 Å². The van der Waals surface area contributed by atoms with Crippen LogP contribution in [0.25, 0.3) is 0 Å². The molecule has 0 amide bonds. The SMILES string of the molecule is CCO[Si](CC)(CC)CCCP(CC)CC. The first-order valence-corrected chi connectivity index (χ1v) is 11.5. The summed E-state index contributed by atoms with van der Waals surface area (Å²) < 4.78 is 6.12. The summed E-state index contributed by atoms with van der Waals surface area (Å²) in [6, 6.07) is 3.99. The molecule has 0 rings (SSSR count). The zero-order valence-corrected chi connectivity index (χ0v) is 13.9. The highest BCUT2D eigenvalue weighted by molar-refractivity contribution is 7.57. The second-order valence-corrected chi connectivity index (χ2v) is 12.1. The zero-order valence-electron chi connectivity index (χ0n) is 12.0. The molecule has 0 aromatic rings. The van der Waals surface area contributed by atoms with Crippen LogP contribution >= 0.6 is 7.92 Å². The summed E-state index contributed by atoms with van der Waals surface area (Å²) in [6.07, 6.45) is 5.71. The third kappa shape index (κ3) is 5.79. The topological polar surface area (TPSA) is 9.23 Å². The lowest BCUT2D eigenvalue weighted by atomic mass is 10.6. The highest BCUT2D eigenvalue weighted by Crippen LogP contribution is 2.36. The molecule has 0 saturated heterocycles. The van der Waals surface area contributed by atoms with Crippen molar-refractivity contribution in [2.45, 2.75) is 59.2 Å². The first kappa shape index (κ1) is 16.6. The molecule has 0 radical (unpaired) electrons. The zero-order chi connectivity index (χ0) is 12.4. The fraction of sp³-hybridized carbons (Fsp3) is 1.00. The van der Waals surface area contributed by atoms with Crippen LogP contribution in [0.5, 0.6) is 0 Å². The normalized spacial score (nSPS) is 12.4. The minimum atomic E-state index is -1.33. The third-order valence-electron chi connectivity index (χ3n) is 3.74. The average Bonchev–Trinajstić information content (AvgIpc) is 2.33. The van der Waals surface area contributed by atoms with Crippen molar-refractivity contribution in [2.75, 3.05) is 25.1 Å². The van der Waals surface area contributed by atoms with E-state index in [4.69, 9.17) is 4.43 Å². The summed E-state index contributed by atoms with van der Waals surface area (Å²) in [5, 5.41) is 0. The van der Waals surface area contributed by atoms with Crippen molar-refractivity contribution >= 4 is 16.2 Å². The van der Waals surface area contributed by atoms with Crippen LogP contribution in [-0.4, -0.2) is 33.4 Å². The summed E-state index contributed by atoms with van der Waals surface area (Å²) in [7, 11) is -0.987. The lowest BCUT2D eigenvalue weighted by Crippen LogP contribution is -2.36. The van der Waals surface area contributed by atoms with E-state index in [1.807, 2.05) is 0 Å². The van der Waals surface area contributed by atoms with Gasteiger partial charge >= 0.3 is 0 Å². The van der Waals surface area contributed by atoms with Crippen LogP contribution in [0.4, 0.5) is 0 Å². The maximum atomic E-state index is 6.12. The minimum Gasteiger partial charge on any atom is -0.417 e. The summed E-state index contributed by atoms with van der Waals surface area (Å²) in [5.41, 5.74) is 0. The molecule has 0 fully saturated rings. The highest BCUT2D eigenvalue weighted by Gasteiger charge is 2.29. The average molecular weight is 262 g/mol. The van der Waals surface area contributed by atoms with E-state index in [-0.39, 0.29) is 0 Å². The molecule has 1 nitrogen and oxygen atoms in total. The van der Waals surface area contributed by atoms with Gasteiger partial charge in [0.05, 0.1) is 0 Å². The fourth-order valence-corrected chi connectivity index (χ4v) is 7.53. The van der Waals surface area contributed by atoms with Gasteiger partial charge in [-0.1, -0.05) is 27.7 Å². The lowest BCUT2D eigenvalue weighted by Gasteiger charge is -2.29. The molecule has 0 atom stereocenters. The van der Waals surface area contributed by atoms with E-state index in [1.165, 1.54) is 43.0 Å². The van der Waals surface area contributed by atoms with Crippen molar-refractivity contribution in [3.63, 3.8) is 0 Å². The van der Waals surface area contributed by atoms with E-state index in [0.717, 1.165) is 6.61 Å². The van der Waals surface area contributed by atoms with Crippen molar-refractivity contribution in [1.82, 2.24) is 0 Å². The third-order valence-corrected chi connectivity index (χ3v) is 11.2. The Kier molecular flexibility index (Phi) is 9.98. The molecular weight excluding hydrogens is 231 g/mol. The Bertz CT molecular complexity index is 156. The monoisotopic (exact) mass is 262 g/mol. The van der Waals surface area contributed by atoms with Gasteiger partial charge in [-0.15, -0.1) is 7.92 Å². The molecule has 0 N–H and O–H groups in total. The van der Waals surface area contributed by atoms with Crippen LogP contribution in [0.15, 0.2) is 0 Å². The Balaban J connectivity index is 4.01. The molecule has 0 bridgehead atoms. The predicted octanol–water partition coefficient (Wildman–Crippen LogP) is 4.92. The fourth-order valence-electron chi connectivity index (χ4n) is 2.35. The summed E-state index contributed by atoms with van der Waals surface area (Å²) >= 11 is 0. The predicted molar refractivity (Wildman–Crippen MR) is 80.6 cm³/mol. The smallest absolute Gasteiger partial charge is 0.192 e. The van der Waals surface area contributed by atoms with Gasteiger partial charge in [-0.2, -0.15) is 0 Å². The van der Waals surface area contributed by atoms with Crippen LogP contribution < -0.4 is 0 Å². The summed E-state index contributed by atoms with van der Waals surface area (Å²) in [6.45, 7) is 12.4. The Hall–Kier alpha value is 0.607. The van der Waals surface area contributed by atoms with E-state index in [9.17, 15) is 0 Å². The van der Waals surface area contributed by atoms with Gasteiger partial charge in [0.1, 0.15) is 0 Å². The van der Waals surface area contributed by atoms with Gasteiger partial charge in [0.15, 0.2) is 8.32 Å². The molecule has 0 aromatic carbocycles. The van der Waals surface area contributed by atoms with Crippen LogP contribution in [0.1, 0.15) is 41.0 Å². The number of hydrogen-bond donors (Lipinski definition) is 0. The lowest BCUT2D eigenvalue weighted by molar-refractivity contribution is 0.319. The molecule has 0 aliphatic heterocycles. The first-order chi connectivity index (χ1) is 7.67. The molecule has 98 valence electrons. The van der Waals surface area contributed by atoms with Gasteiger partial charge < -0.3 is 4.43 Å². The summed E-state index contributed by atoms with van der Waals surface area (Å²) in [5.74, 6) is 0. The summed E-state index contributed by atoms with van der Waals surface area (Å²) in [4.78, 5) is 0. The second kappa shape index (κ2) is 9.62. The van der Waals surface area contributed by atoms with Gasteiger partial charge in [0.25, 0.3) is 0 Å². The van der Waals surface area contributed by atoms with E-state index in [1.54, 1.807) is 0 Å². The standard InChI is InChI=1S/C13H31OPSi/c1-6-14-16(9-4,10-5)13-11-12-15(7-2)8-3/h6-13H2,1-5H3. The molecule has 0 aliphatic carbocycles. The van der Waals surface area contributed by atoms with E-state index < -0.39 is 8.32 Å². The molecular formula is C13H31OPSi. The van der Waals surface area contributed by atoms with Gasteiger partial charge in [0.2, 0.25) is 0 Å². The number of hydrogen-bond acceptors (Lipinski definition) is 1. The first-order valence-electron chi connectivity index (χ1n) is 7.04.